The predicted molar refractivity (Wildman–Crippen MR) is 80.2 cm³/mol. The summed E-state index contributed by atoms with van der Waals surface area (Å²) in [6.45, 7) is 6.21. The summed E-state index contributed by atoms with van der Waals surface area (Å²) in [5, 5.41) is 0. The molecule has 0 saturated carbocycles. The molecule has 0 aliphatic heterocycles. The lowest BCUT2D eigenvalue weighted by atomic mass is 10.2. The van der Waals surface area contributed by atoms with Gasteiger partial charge in [-0.05, 0) is 38.0 Å². The highest BCUT2D eigenvalue weighted by Gasteiger charge is 2.24. The van der Waals surface area contributed by atoms with Crippen LogP contribution < -0.4 is 5.73 Å². The van der Waals surface area contributed by atoms with Gasteiger partial charge < -0.3 is 5.73 Å². The maximum absolute atomic E-state index is 12.3. The van der Waals surface area contributed by atoms with Gasteiger partial charge in [0.2, 0.25) is 10.0 Å². The Morgan fingerprint density at radius 3 is 2.26 bits per heavy atom. The van der Waals surface area contributed by atoms with E-state index >= 15 is 0 Å². The Morgan fingerprint density at radius 2 is 1.79 bits per heavy atom. The van der Waals surface area contributed by atoms with Gasteiger partial charge >= 0.3 is 0 Å². The van der Waals surface area contributed by atoms with Gasteiger partial charge in [-0.25, -0.2) is 8.42 Å². The van der Waals surface area contributed by atoms with Gasteiger partial charge in [-0.1, -0.05) is 25.5 Å². The predicted octanol–water partition coefficient (Wildman–Crippen LogP) is 2.61. The number of nitrogens with two attached hydrogens (primary N) is 1. The molecule has 1 aromatic carbocycles. The smallest absolute Gasteiger partial charge is 0.214 e. The van der Waals surface area contributed by atoms with Gasteiger partial charge in [0.25, 0.3) is 0 Å². The number of nitrogens with zero attached hydrogens (tertiary/aromatic N) is 1. The van der Waals surface area contributed by atoms with Gasteiger partial charge in [-0.2, -0.15) is 4.31 Å². The van der Waals surface area contributed by atoms with Crippen molar-refractivity contribution in [2.75, 3.05) is 11.5 Å². The van der Waals surface area contributed by atoms with Gasteiger partial charge in [0.15, 0.2) is 0 Å². The Morgan fingerprint density at radius 1 is 1.21 bits per heavy atom. The maximum atomic E-state index is 12.3. The average Bonchev–Trinajstić information content (AvgIpc) is 2.35. The van der Waals surface area contributed by atoms with Gasteiger partial charge in [-0.3, -0.25) is 0 Å². The second-order valence-electron chi connectivity index (χ2n) is 5.05. The van der Waals surface area contributed by atoms with E-state index in [4.69, 9.17) is 5.73 Å². The summed E-state index contributed by atoms with van der Waals surface area (Å²) in [6, 6.07) is 7.30. The van der Waals surface area contributed by atoms with Crippen molar-refractivity contribution in [3.8, 4) is 0 Å². The Bertz CT molecular complexity index is 481. The second-order valence-corrected chi connectivity index (χ2v) is 7.09. The summed E-state index contributed by atoms with van der Waals surface area (Å²) in [5.74, 6) is 0.219. The molecule has 1 rings (SSSR count). The van der Waals surface area contributed by atoms with Crippen molar-refractivity contribution in [2.24, 2.45) is 0 Å². The number of unbranched alkanes of at least 4 members (excludes halogenated alkanes) is 1. The lowest BCUT2D eigenvalue weighted by molar-refractivity contribution is 0.347. The van der Waals surface area contributed by atoms with Gasteiger partial charge in [0.05, 0.1) is 5.75 Å². The Kier molecular flexibility index (Phi) is 5.82. The molecular formula is C14H24N2O2S. The van der Waals surface area contributed by atoms with E-state index in [0.29, 0.717) is 18.7 Å². The second kappa shape index (κ2) is 6.91. The molecule has 4 nitrogen and oxygen atoms in total. The van der Waals surface area contributed by atoms with E-state index in [1.54, 1.807) is 16.4 Å². The van der Waals surface area contributed by atoms with Crippen molar-refractivity contribution in [1.29, 1.82) is 0 Å². The number of nitrogen functional groups attached to an aromatic ring is 1. The normalized spacial score (nSPS) is 12.3. The highest BCUT2D eigenvalue weighted by molar-refractivity contribution is 7.89. The van der Waals surface area contributed by atoms with Crippen LogP contribution in [0.2, 0.25) is 0 Å². The van der Waals surface area contributed by atoms with Crippen LogP contribution in [-0.2, 0) is 16.6 Å². The molecule has 0 heterocycles. The van der Waals surface area contributed by atoms with Crippen molar-refractivity contribution in [3.63, 3.8) is 0 Å². The topological polar surface area (TPSA) is 63.4 Å². The van der Waals surface area contributed by atoms with Crippen molar-refractivity contribution in [2.45, 2.75) is 46.2 Å². The van der Waals surface area contributed by atoms with E-state index in [-0.39, 0.29) is 11.8 Å². The van der Waals surface area contributed by atoms with Crippen LogP contribution in [0.4, 0.5) is 5.69 Å². The molecule has 0 fully saturated rings. The van der Waals surface area contributed by atoms with Crippen LogP contribution in [-0.4, -0.2) is 24.5 Å². The van der Waals surface area contributed by atoms with Gasteiger partial charge in [0.1, 0.15) is 0 Å². The third-order valence-electron chi connectivity index (χ3n) is 3.01. The minimum Gasteiger partial charge on any atom is -0.399 e. The molecule has 0 amide bonds. The number of rotatable bonds is 7. The molecule has 0 aliphatic carbocycles. The lowest BCUT2D eigenvalue weighted by Gasteiger charge is -2.26. The minimum atomic E-state index is -3.19. The van der Waals surface area contributed by atoms with Gasteiger partial charge in [-0.15, -0.1) is 0 Å². The van der Waals surface area contributed by atoms with Crippen LogP contribution in [0, 0.1) is 0 Å². The van der Waals surface area contributed by atoms with Crippen molar-refractivity contribution in [1.82, 2.24) is 4.31 Å². The van der Waals surface area contributed by atoms with E-state index in [0.717, 1.165) is 12.0 Å². The maximum Gasteiger partial charge on any atom is 0.214 e. The first-order valence-corrected chi connectivity index (χ1v) is 8.31. The molecule has 19 heavy (non-hydrogen) atoms. The summed E-state index contributed by atoms with van der Waals surface area (Å²) in [5.41, 5.74) is 7.29. The average molecular weight is 284 g/mol. The minimum absolute atomic E-state index is 0.0422. The summed E-state index contributed by atoms with van der Waals surface area (Å²) in [4.78, 5) is 0. The van der Waals surface area contributed by atoms with Crippen molar-refractivity contribution in [3.05, 3.63) is 29.8 Å². The van der Waals surface area contributed by atoms with Crippen LogP contribution in [0.25, 0.3) is 0 Å². The fourth-order valence-electron chi connectivity index (χ4n) is 1.85. The SMILES string of the molecule is CCCCS(=O)(=O)N(Cc1ccc(N)cc1)C(C)C. The molecule has 0 unspecified atom stereocenters. The summed E-state index contributed by atoms with van der Waals surface area (Å²) < 4.78 is 26.2. The molecule has 108 valence electrons. The summed E-state index contributed by atoms with van der Waals surface area (Å²) in [6.07, 6.45) is 1.58. The number of hydrogen-bond acceptors (Lipinski definition) is 3. The van der Waals surface area contributed by atoms with E-state index in [9.17, 15) is 8.42 Å². The first-order chi connectivity index (χ1) is 8.86. The number of sulfonamides is 1. The third kappa shape index (κ3) is 4.84. The molecule has 0 radical (unpaired) electrons. The fraction of sp³-hybridized carbons (Fsp3) is 0.571. The fourth-order valence-corrected chi connectivity index (χ4v) is 3.73. The molecule has 5 heteroatoms. The molecule has 2 N–H and O–H groups in total. The Balaban J connectivity index is 2.86. The monoisotopic (exact) mass is 284 g/mol. The zero-order chi connectivity index (χ0) is 14.5. The van der Waals surface area contributed by atoms with Crippen LogP contribution in [0.5, 0.6) is 0 Å². The molecule has 1 aromatic rings. The molecular weight excluding hydrogens is 260 g/mol. The zero-order valence-corrected chi connectivity index (χ0v) is 12.8. The van der Waals surface area contributed by atoms with Crippen molar-refractivity contribution < 1.29 is 8.42 Å². The summed E-state index contributed by atoms with van der Waals surface area (Å²) >= 11 is 0. The molecule has 0 aliphatic rings. The highest BCUT2D eigenvalue weighted by atomic mass is 32.2. The largest absolute Gasteiger partial charge is 0.399 e. The Hall–Kier alpha value is -1.07. The number of hydrogen-bond donors (Lipinski definition) is 1. The first-order valence-electron chi connectivity index (χ1n) is 6.70. The molecule has 0 aromatic heterocycles. The zero-order valence-electron chi connectivity index (χ0n) is 12.0. The van der Waals surface area contributed by atoms with Crippen LogP contribution in [0.3, 0.4) is 0 Å². The molecule has 0 bridgehead atoms. The van der Waals surface area contributed by atoms with E-state index in [1.807, 2.05) is 32.9 Å². The van der Waals surface area contributed by atoms with Crippen LogP contribution in [0.1, 0.15) is 39.2 Å². The van der Waals surface area contributed by atoms with E-state index in [1.165, 1.54) is 0 Å². The summed E-state index contributed by atoms with van der Waals surface area (Å²) in [7, 11) is -3.19. The van der Waals surface area contributed by atoms with Crippen LogP contribution >= 0.6 is 0 Å². The molecule has 0 spiro atoms. The molecule has 0 saturated heterocycles. The third-order valence-corrected chi connectivity index (χ3v) is 5.08. The molecule has 0 atom stereocenters. The standard InChI is InChI=1S/C14H24N2O2S/c1-4-5-10-19(17,18)16(12(2)3)11-13-6-8-14(15)9-7-13/h6-9,12H,4-5,10-11,15H2,1-3H3. The lowest BCUT2D eigenvalue weighted by Crippen LogP contribution is -2.37. The first kappa shape index (κ1) is 16.0. The Labute approximate surface area is 116 Å². The quantitative estimate of drug-likeness (QED) is 0.783. The highest BCUT2D eigenvalue weighted by Crippen LogP contribution is 2.16. The van der Waals surface area contributed by atoms with E-state index < -0.39 is 10.0 Å². The van der Waals surface area contributed by atoms with E-state index in [2.05, 4.69) is 0 Å². The van der Waals surface area contributed by atoms with Gasteiger partial charge in [0, 0.05) is 18.3 Å². The number of benzene rings is 1. The van der Waals surface area contributed by atoms with Crippen LogP contribution in [0.15, 0.2) is 24.3 Å². The number of anilines is 1. The van der Waals surface area contributed by atoms with Crippen molar-refractivity contribution >= 4 is 15.7 Å².